The number of carbonyl (C=O) groups is 1. The summed E-state index contributed by atoms with van der Waals surface area (Å²) in [5, 5.41) is 0. The number of esters is 1. The Kier molecular flexibility index (Phi) is 4.20. The summed E-state index contributed by atoms with van der Waals surface area (Å²) in [6.07, 6.45) is 5.00. The van der Waals surface area contributed by atoms with Gasteiger partial charge in [0.05, 0.1) is 6.61 Å². The average molecular weight is 319 g/mol. The fourth-order valence-electron chi connectivity index (χ4n) is 3.47. The van der Waals surface area contributed by atoms with Crippen LogP contribution in [0.15, 0.2) is 30.5 Å². The molecule has 3 nitrogen and oxygen atoms in total. The minimum Gasteiger partial charge on any atom is -0.465 e. The van der Waals surface area contributed by atoms with Crippen molar-refractivity contribution >= 4 is 5.97 Å². The van der Waals surface area contributed by atoms with Gasteiger partial charge in [-0.15, -0.1) is 0 Å². The lowest BCUT2D eigenvalue weighted by Crippen LogP contribution is -2.35. The van der Waals surface area contributed by atoms with Crippen molar-refractivity contribution in [2.75, 3.05) is 6.61 Å². The van der Waals surface area contributed by atoms with Crippen molar-refractivity contribution in [1.29, 1.82) is 0 Å². The van der Waals surface area contributed by atoms with Gasteiger partial charge in [0.2, 0.25) is 0 Å². The Hall–Kier alpha value is -2.17. The van der Waals surface area contributed by atoms with E-state index in [-0.39, 0.29) is 5.97 Å². The quantitative estimate of drug-likeness (QED) is 0.852. The van der Waals surface area contributed by atoms with E-state index >= 15 is 0 Å². The molecule has 0 aliphatic heterocycles. The maximum absolute atomic E-state index is 13.6. The van der Waals surface area contributed by atoms with E-state index in [0.717, 1.165) is 36.2 Å². The molecule has 0 amide bonds. The summed E-state index contributed by atoms with van der Waals surface area (Å²) in [6.45, 7) is 2.10. The standard InChI is InChI=1S/C18H19F2NO2/c1-2-23-17(22)18(8-3-4-9-18)16-13(7-10-21-16)12-5-6-14(19)15(20)11-12/h5-7,10-11,21H,2-4,8-9H2,1H3. The predicted octanol–water partition coefficient (Wildman–Crippen LogP) is 4.33. The van der Waals surface area contributed by atoms with Crippen molar-refractivity contribution < 1.29 is 18.3 Å². The molecule has 1 saturated carbocycles. The van der Waals surface area contributed by atoms with Gasteiger partial charge in [0.1, 0.15) is 5.41 Å². The molecule has 1 fully saturated rings. The molecule has 1 N–H and O–H groups in total. The van der Waals surface area contributed by atoms with Crippen LogP contribution >= 0.6 is 0 Å². The molecule has 0 spiro atoms. The number of benzene rings is 1. The third kappa shape index (κ3) is 2.64. The van der Waals surface area contributed by atoms with Gasteiger partial charge in [-0.3, -0.25) is 4.79 Å². The Bertz CT molecular complexity index is 718. The fourth-order valence-corrected chi connectivity index (χ4v) is 3.47. The summed E-state index contributed by atoms with van der Waals surface area (Å²) in [6, 6.07) is 5.59. The molecule has 0 radical (unpaired) electrons. The predicted molar refractivity (Wildman–Crippen MR) is 82.9 cm³/mol. The molecule has 0 atom stereocenters. The fraction of sp³-hybridized carbons (Fsp3) is 0.389. The summed E-state index contributed by atoms with van der Waals surface area (Å²) < 4.78 is 32.1. The van der Waals surface area contributed by atoms with Crippen molar-refractivity contribution in [2.24, 2.45) is 0 Å². The van der Waals surface area contributed by atoms with Gasteiger partial charge in [0.25, 0.3) is 0 Å². The number of ether oxygens (including phenoxy) is 1. The number of carbonyl (C=O) groups excluding carboxylic acids is 1. The molecule has 1 aromatic carbocycles. The third-order valence-electron chi connectivity index (χ3n) is 4.58. The Labute approximate surface area is 133 Å². The van der Waals surface area contributed by atoms with Gasteiger partial charge in [-0.25, -0.2) is 8.78 Å². The second-order valence-corrected chi connectivity index (χ2v) is 5.90. The molecule has 5 heteroatoms. The first-order chi connectivity index (χ1) is 11.1. The van der Waals surface area contributed by atoms with Gasteiger partial charge in [-0.2, -0.15) is 0 Å². The van der Waals surface area contributed by atoms with E-state index in [9.17, 15) is 13.6 Å². The van der Waals surface area contributed by atoms with E-state index < -0.39 is 17.0 Å². The smallest absolute Gasteiger partial charge is 0.318 e. The summed E-state index contributed by atoms with van der Waals surface area (Å²) in [5.41, 5.74) is 1.29. The molecule has 1 aromatic heterocycles. The molecule has 122 valence electrons. The monoisotopic (exact) mass is 319 g/mol. The van der Waals surface area contributed by atoms with Crippen LogP contribution in [0.5, 0.6) is 0 Å². The van der Waals surface area contributed by atoms with E-state index in [4.69, 9.17) is 4.74 Å². The molecule has 2 aromatic rings. The number of H-pyrrole nitrogens is 1. The number of aromatic amines is 1. The van der Waals surface area contributed by atoms with Crippen LogP contribution < -0.4 is 0 Å². The zero-order chi connectivity index (χ0) is 16.4. The molecule has 23 heavy (non-hydrogen) atoms. The molecule has 1 aliphatic rings. The van der Waals surface area contributed by atoms with E-state index in [0.29, 0.717) is 25.0 Å². The van der Waals surface area contributed by atoms with Crippen LogP contribution in [-0.2, 0) is 14.9 Å². The molecule has 0 saturated heterocycles. The molecular weight excluding hydrogens is 300 g/mol. The van der Waals surface area contributed by atoms with Crippen LogP contribution in [0.1, 0.15) is 38.3 Å². The highest BCUT2D eigenvalue weighted by molar-refractivity contribution is 5.86. The number of hydrogen-bond donors (Lipinski definition) is 1. The lowest BCUT2D eigenvalue weighted by molar-refractivity contribution is -0.150. The number of hydrogen-bond acceptors (Lipinski definition) is 2. The molecule has 0 unspecified atom stereocenters. The Morgan fingerprint density at radius 2 is 1.96 bits per heavy atom. The minimum absolute atomic E-state index is 0.246. The SMILES string of the molecule is CCOC(=O)C1(c2[nH]ccc2-c2ccc(F)c(F)c2)CCCC1. The number of rotatable bonds is 4. The average Bonchev–Trinajstić information content (AvgIpc) is 3.19. The van der Waals surface area contributed by atoms with Crippen molar-refractivity contribution in [3.05, 3.63) is 47.8 Å². The van der Waals surface area contributed by atoms with Gasteiger partial charge in [-0.05, 0) is 43.5 Å². The van der Waals surface area contributed by atoms with Crippen LogP contribution in [0, 0.1) is 11.6 Å². The first-order valence-corrected chi connectivity index (χ1v) is 7.89. The van der Waals surface area contributed by atoms with Gasteiger partial charge >= 0.3 is 5.97 Å². The maximum Gasteiger partial charge on any atom is 0.318 e. The van der Waals surface area contributed by atoms with E-state index in [2.05, 4.69) is 4.98 Å². The highest BCUT2D eigenvalue weighted by atomic mass is 19.2. The van der Waals surface area contributed by atoms with Crippen molar-refractivity contribution in [3.63, 3.8) is 0 Å². The second-order valence-electron chi connectivity index (χ2n) is 5.90. The highest BCUT2D eigenvalue weighted by Gasteiger charge is 2.46. The van der Waals surface area contributed by atoms with Crippen LogP contribution in [0.4, 0.5) is 8.78 Å². The van der Waals surface area contributed by atoms with Crippen molar-refractivity contribution in [2.45, 2.75) is 38.0 Å². The Morgan fingerprint density at radius 3 is 2.61 bits per heavy atom. The van der Waals surface area contributed by atoms with Gasteiger partial charge in [0, 0.05) is 17.5 Å². The minimum atomic E-state index is -0.897. The molecule has 0 bridgehead atoms. The van der Waals surface area contributed by atoms with E-state index in [1.165, 1.54) is 6.07 Å². The highest BCUT2D eigenvalue weighted by Crippen LogP contribution is 2.45. The summed E-state index contributed by atoms with van der Waals surface area (Å²) in [5.74, 6) is -2.03. The van der Waals surface area contributed by atoms with Gasteiger partial charge in [0.15, 0.2) is 11.6 Å². The van der Waals surface area contributed by atoms with Crippen LogP contribution in [-0.4, -0.2) is 17.6 Å². The molecule has 1 heterocycles. The van der Waals surface area contributed by atoms with Gasteiger partial charge in [-0.1, -0.05) is 18.9 Å². The second kappa shape index (κ2) is 6.14. The summed E-state index contributed by atoms with van der Waals surface area (Å²) >= 11 is 0. The normalized spacial score (nSPS) is 16.5. The number of aromatic nitrogens is 1. The third-order valence-corrected chi connectivity index (χ3v) is 4.58. The first-order valence-electron chi connectivity index (χ1n) is 7.89. The van der Waals surface area contributed by atoms with Crippen LogP contribution in [0.2, 0.25) is 0 Å². The maximum atomic E-state index is 13.6. The Balaban J connectivity index is 2.08. The summed E-state index contributed by atoms with van der Waals surface area (Å²) in [4.78, 5) is 15.7. The van der Waals surface area contributed by atoms with Crippen molar-refractivity contribution in [1.82, 2.24) is 4.98 Å². The molecule has 1 aliphatic carbocycles. The number of nitrogens with one attached hydrogen (secondary N) is 1. The van der Waals surface area contributed by atoms with Crippen LogP contribution in [0.3, 0.4) is 0 Å². The lowest BCUT2D eigenvalue weighted by atomic mass is 9.79. The van der Waals surface area contributed by atoms with Gasteiger partial charge < -0.3 is 9.72 Å². The topological polar surface area (TPSA) is 42.1 Å². The molecular formula is C18H19F2NO2. The largest absolute Gasteiger partial charge is 0.465 e. The van der Waals surface area contributed by atoms with Crippen molar-refractivity contribution in [3.8, 4) is 11.1 Å². The zero-order valence-electron chi connectivity index (χ0n) is 13.0. The lowest BCUT2D eigenvalue weighted by Gasteiger charge is -2.27. The van der Waals surface area contributed by atoms with Crippen LogP contribution in [0.25, 0.3) is 11.1 Å². The number of halogens is 2. The van der Waals surface area contributed by atoms with E-state index in [1.807, 2.05) is 0 Å². The van der Waals surface area contributed by atoms with E-state index in [1.54, 1.807) is 19.2 Å². The molecule has 3 rings (SSSR count). The zero-order valence-corrected chi connectivity index (χ0v) is 13.0. The summed E-state index contributed by atoms with van der Waals surface area (Å²) in [7, 11) is 0. The Morgan fingerprint density at radius 1 is 1.22 bits per heavy atom. The first kappa shape index (κ1) is 15.7.